The van der Waals surface area contributed by atoms with E-state index in [0.717, 1.165) is 51.0 Å². The first-order valence-electron chi connectivity index (χ1n) is 8.69. The lowest BCUT2D eigenvalue weighted by atomic mass is 9.99. The second-order valence-electron chi connectivity index (χ2n) is 6.43. The van der Waals surface area contributed by atoms with Crippen molar-refractivity contribution in [1.82, 2.24) is 9.88 Å². The molecule has 1 N–H and O–H groups in total. The van der Waals surface area contributed by atoms with Gasteiger partial charge in [0.2, 0.25) is 0 Å². The molecule has 1 aromatic carbocycles. The van der Waals surface area contributed by atoms with E-state index in [1.807, 2.05) is 0 Å². The van der Waals surface area contributed by atoms with Gasteiger partial charge < -0.3 is 5.11 Å². The molecule has 0 bridgehead atoms. The van der Waals surface area contributed by atoms with E-state index in [1.165, 1.54) is 17.5 Å². The Morgan fingerprint density at radius 3 is 2.75 bits per heavy atom. The predicted molar refractivity (Wildman–Crippen MR) is 94.3 cm³/mol. The van der Waals surface area contributed by atoms with Gasteiger partial charge in [0.05, 0.1) is 0 Å². The molecular formula is C20H24N2O2. The van der Waals surface area contributed by atoms with Crippen molar-refractivity contribution in [2.24, 2.45) is 0 Å². The SMILES string of the molecule is O=Cc1nc(CCCCCN2CCc3ccccc3C2)ccc1O. The number of hydrogen-bond donors (Lipinski definition) is 1. The molecule has 0 fully saturated rings. The number of carbonyl (C=O) groups is 1. The zero-order chi connectivity index (χ0) is 16.8. The first-order valence-corrected chi connectivity index (χ1v) is 8.69. The van der Waals surface area contributed by atoms with Gasteiger partial charge >= 0.3 is 0 Å². The van der Waals surface area contributed by atoms with Crippen LogP contribution in [0.25, 0.3) is 0 Å². The molecule has 0 aliphatic carbocycles. The molecule has 0 saturated heterocycles. The Kier molecular flexibility index (Phi) is 5.59. The molecule has 1 aromatic heterocycles. The van der Waals surface area contributed by atoms with Crippen molar-refractivity contribution in [3.05, 3.63) is 58.9 Å². The molecule has 2 heterocycles. The maximum Gasteiger partial charge on any atom is 0.172 e. The molecule has 2 aromatic rings. The van der Waals surface area contributed by atoms with Crippen LogP contribution in [0.4, 0.5) is 0 Å². The van der Waals surface area contributed by atoms with E-state index in [4.69, 9.17) is 0 Å². The van der Waals surface area contributed by atoms with Crippen molar-refractivity contribution in [2.45, 2.75) is 38.6 Å². The van der Waals surface area contributed by atoms with Crippen LogP contribution in [0, 0.1) is 0 Å². The fraction of sp³-hybridized carbons (Fsp3) is 0.400. The van der Waals surface area contributed by atoms with E-state index in [0.29, 0.717) is 6.29 Å². The van der Waals surface area contributed by atoms with E-state index in [1.54, 1.807) is 12.1 Å². The van der Waals surface area contributed by atoms with Crippen LogP contribution in [0.2, 0.25) is 0 Å². The first-order chi connectivity index (χ1) is 11.8. The Bertz CT molecular complexity index is 700. The van der Waals surface area contributed by atoms with Crippen molar-refractivity contribution in [1.29, 1.82) is 0 Å². The van der Waals surface area contributed by atoms with Gasteiger partial charge in [-0.2, -0.15) is 0 Å². The van der Waals surface area contributed by atoms with Gasteiger partial charge in [-0.25, -0.2) is 4.98 Å². The average molecular weight is 324 g/mol. The highest BCUT2D eigenvalue weighted by Gasteiger charge is 2.14. The number of unbranched alkanes of at least 4 members (excludes halogenated alkanes) is 2. The van der Waals surface area contributed by atoms with Crippen LogP contribution in [0.5, 0.6) is 5.75 Å². The number of nitrogens with zero attached hydrogens (tertiary/aromatic N) is 2. The number of hydrogen-bond acceptors (Lipinski definition) is 4. The lowest BCUT2D eigenvalue weighted by molar-refractivity contribution is 0.111. The van der Waals surface area contributed by atoms with Gasteiger partial charge in [0, 0.05) is 18.8 Å². The molecule has 126 valence electrons. The minimum atomic E-state index is -0.0425. The Balaban J connectivity index is 1.38. The number of aromatic hydroxyl groups is 1. The minimum Gasteiger partial charge on any atom is -0.506 e. The quantitative estimate of drug-likeness (QED) is 0.627. The summed E-state index contributed by atoms with van der Waals surface area (Å²) in [5.74, 6) is -0.0425. The van der Waals surface area contributed by atoms with Crippen molar-refractivity contribution in [3.63, 3.8) is 0 Å². The standard InChI is InChI=1S/C20H24N2O2/c23-15-19-20(24)10-9-18(21-19)8-2-1-5-12-22-13-11-16-6-3-4-7-17(16)14-22/h3-4,6-7,9-10,15,24H,1-2,5,8,11-14H2. The first kappa shape index (κ1) is 16.7. The molecule has 0 radical (unpaired) electrons. The highest BCUT2D eigenvalue weighted by atomic mass is 16.3. The average Bonchev–Trinajstić information content (AvgIpc) is 2.62. The second kappa shape index (κ2) is 8.06. The Morgan fingerprint density at radius 2 is 1.92 bits per heavy atom. The number of aryl methyl sites for hydroxylation is 1. The van der Waals surface area contributed by atoms with Gasteiger partial charge in [-0.1, -0.05) is 30.7 Å². The summed E-state index contributed by atoms with van der Waals surface area (Å²) in [5, 5.41) is 9.46. The summed E-state index contributed by atoms with van der Waals surface area (Å²) in [4.78, 5) is 17.5. The Labute approximate surface area is 143 Å². The number of fused-ring (bicyclic) bond motifs is 1. The summed E-state index contributed by atoms with van der Waals surface area (Å²) in [6, 6.07) is 12.1. The van der Waals surface area contributed by atoms with Crippen LogP contribution in [0.15, 0.2) is 36.4 Å². The topological polar surface area (TPSA) is 53.4 Å². The molecule has 0 amide bonds. The van der Waals surface area contributed by atoms with Crippen LogP contribution in [0.3, 0.4) is 0 Å². The largest absolute Gasteiger partial charge is 0.506 e. The fourth-order valence-corrected chi connectivity index (χ4v) is 3.30. The van der Waals surface area contributed by atoms with Crippen LogP contribution in [-0.4, -0.2) is 34.4 Å². The molecule has 1 aliphatic heterocycles. The summed E-state index contributed by atoms with van der Waals surface area (Å²) in [7, 11) is 0. The number of benzene rings is 1. The third-order valence-electron chi connectivity index (χ3n) is 4.69. The van der Waals surface area contributed by atoms with Crippen LogP contribution in [0.1, 0.15) is 46.6 Å². The van der Waals surface area contributed by atoms with Crippen LogP contribution < -0.4 is 0 Å². The van der Waals surface area contributed by atoms with Crippen molar-refractivity contribution in [2.75, 3.05) is 13.1 Å². The van der Waals surface area contributed by atoms with E-state index in [9.17, 15) is 9.90 Å². The molecule has 3 rings (SSSR count). The second-order valence-corrected chi connectivity index (χ2v) is 6.43. The molecule has 0 atom stereocenters. The lowest BCUT2D eigenvalue weighted by Crippen LogP contribution is -2.31. The zero-order valence-corrected chi connectivity index (χ0v) is 13.9. The van der Waals surface area contributed by atoms with E-state index >= 15 is 0 Å². The van der Waals surface area contributed by atoms with Gasteiger partial charge in [-0.3, -0.25) is 9.69 Å². The molecule has 0 saturated carbocycles. The third kappa shape index (κ3) is 4.20. The summed E-state index contributed by atoms with van der Waals surface area (Å²) in [6.07, 6.45) is 6.00. The van der Waals surface area contributed by atoms with Crippen LogP contribution >= 0.6 is 0 Å². The molecule has 4 nitrogen and oxygen atoms in total. The molecular weight excluding hydrogens is 300 g/mol. The van der Waals surface area contributed by atoms with Crippen molar-refractivity contribution >= 4 is 6.29 Å². The molecule has 1 aliphatic rings. The van der Waals surface area contributed by atoms with Gasteiger partial charge in [0.15, 0.2) is 6.29 Å². The van der Waals surface area contributed by atoms with Gasteiger partial charge in [0.25, 0.3) is 0 Å². The Hall–Kier alpha value is -2.20. The van der Waals surface area contributed by atoms with Gasteiger partial charge in [-0.05, 0) is 55.5 Å². The molecule has 4 heteroatoms. The van der Waals surface area contributed by atoms with Gasteiger partial charge in [0.1, 0.15) is 11.4 Å². The maximum atomic E-state index is 10.8. The highest BCUT2D eigenvalue weighted by molar-refractivity contribution is 5.75. The summed E-state index contributed by atoms with van der Waals surface area (Å²) in [6.45, 7) is 3.36. The van der Waals surface area contributed by atoms with Crippen molar-refractivity contribution < 1.29 is 9.90 Å². The lowest BCUT2D eigenvalue weighted by Gasteiger charge is -2.28. The van der Waals surface area contributed by atoms with E-state index in [2.05, 4.69) is 34.1 Å². The summed E-state index contributed by atoms with van der Waals surface area (Å²) < 4.78 is 0. The van der Waals surface area contributed by atoms with Crippen molar-refractivity contribution in [3.8, 4) is 5.75 Å². The smallest absolute Gasteiger partial charge is 0.172 e. The van der Waals surface area contributed by atoms with E-state index in [-0.39, 0.29) is 11.4 Å². The number of rotatable bonds is 7. The van der Waals surface area contributed by atoms with Gasteiger partial charge in [-0.15, -0.1) is 0 Å². The number of aromatic nitrogens is 1. The highest BCUT2D eigenvalue weighted by Crippen LogP contribution is 2.19. The van der Waals surface area contributed by atoms with E-state index < -0.39 is 0 Å². The monoisotopic (exact) mass is 324 g/mol. The maximum absolute atomic E-state index is 10.8. The third-order valence-corrected chi connectivity index (χ3v) is 4.69. The normalized spacial score (nSPS) is 14.3. The Morgan fingerprint density at radius 1 is 1.08 bits per heavy atom. The zero-order valence-electron chi connectivity index (χ0n) is 13.9. The number of aldehydes is 1. The molecule has 0 spiro atoms. The number of carbonyl (C=O) groups excluding carboxylic acids is 1. The minimum absolute atomic E-state index is 0.0425. The molecule has 0 unspecified atom stereocenters. The van der Waals surface area contributed by atoms with Crippen LogP contribution in [-0.2, 0) is 19.4 Å². The summed E-state index contributed by atoms with van der Waals surface area (Å²) >= 11 is 0. The predicted octanol–water partition coefficient (Wildman–Crippen LogP) is 3.37. The summed E-state index contributed by atoms with van der Waals surface area (Å²) in [5.41, 5.74) is 3.98. The molecule has 24 heavy (non-hydrogen) atoms. The fourth-order valence-electron chi connectivity index (χ4n) is 3.30. The number of pyridine rings is 1.